The second-order valence-corrected chi connectivity index (χ2v) is 6.80. The van der Waals surface area contributed by atoms with Gasteiger partial charge in [0.2, 0.25) is 0 Å². The van der Waals surface area contributed by atoms with E-state index in [4.69, 9.17) is 9.47 Å². The van der Waals surface area contributed by atoms with E-state index in [1.165, 1.54) is 0 Å². The van der Waals surface area contributed by atoms with Crippen LogP contribution >= 0.6 is 24.8 Å². The minimum atomic E-state index is -0.675. The fraction of sp³-hybridized carbons (Fsp3) is 0.765. The van der Waals surface area contributed by atoms with Crippen molar-refractivity contribution in [3.05, 3.63) is 17.5 Å². The van der Waals surface area contributed by atoms with Crippen molar-refractivity contribution in [1.29, 1.82) is 0 Å². The van der Waals surface area contributed by atoms with E-state index in [0.717, 1.165) is 37.3 Å². The lowest BCUT2D eigenvalue weighted by Gasteiger charge is -2.41. The van der Waals surface area contributed by atoms with Gasteiger partial charge in [-0.25, -0.2) is 0 Å². The van der Waals surface area contributed by atoms with Crippen LogP contribution in [0, 0.1) is 13.8 Å². The Labute approximate surface area is 167 Å². The number of carbonyl (C=O) groups excluding carboxylic acids is 1. The molecule has 0 bridgehead atoms. The SMILES string of the molecule is COC1(C(=O)N2CCOC(Cn3nc(C)cc3C)C2)CCNCC1.Cl.Cl. The Morgan fingerprint density at radius 3 is 2.65 bits per heavy atom. The van der Waals surface area contributed by atoms with E-state index >= 15 is 0 Å². The molecule has 3 heterocycles. The number of aryl methyl sites for hydroxylation is 2. The molecule has 1 unspecified atom stereocenters. The van der Waals surface area contributed by atoms with Gasteiger partial charge in [-0.1, -0.05) is 0 Å². The quantitative estimate of drug-likeness (QED) is 0.813. The lowest BCUT2D eigenvalue weighted by atomic mass is 9.90. The van der Waals surface area contributed by atoms with E-state index < -0.39 is 5.60 Å². The molecule has 0 aromatic carbocycles. The van der Waals surface area contributed by atoms with Crippen LogP contribution in [0.1, 0.15) is 24.2 Å². The molecule has 1 atom stereocenters. The number of ether oxygens (including phenoxy) is 2. The number of hydrogen-bond acceptors (Lipinski definition) is 5. The Morgan fingerprint density at radius 2 is 2.08 bits per heavy atom. The number of piperidine rings is 1. The van der Waals surface area contributed by atoms with Crippen molar-refractivity contribution in [2.45, 2.75) is 44.9 Å². The first kappa shape index (κ1) is 23.2. The third-order valence-corrected chi connectivity index (χ3v) is 5.10. The van der Waals surface area contributed by atoms with Crippen molar-refractivity contribution in [3.8, 4) is 0 Å². The summed E-state index contributed by atoms with van der Waals surface area (Å²) in [6, 6.07) is 2.06. The molecule has 2 saturated heterocycles. The number of morpholine rings is 1. The zero-order valence-electron chi connectivity index (χ0n) is 15.7. The van der Waals surface area contributed by atoms with Crippen LogP contribution in [0.3, 0.4) is 0 Å². The van der Waals surface area contributed by atoms with E-state index in [1.54, 1.807) is 7.11 Å². The molecule has 150 valence electrons. The molecule has 26 heavy (non-hydrogen) atoms. The van der Waals surface area contributed by atoms with Gasteiger partial charge in [-0.2, -0.15) is 5.10 Å². The summed E-state index contributed by atoms with van der Waals surface area (Å²) in [6.45, 7) is 8.12. The van der Waals surface area contributed by atoms with Crippen LogP contribution in [-0.4, -0.2) is 72.2 Å². The van der Waals surface area contributed by atoms with Crippen molar-refractivity contribution in [2.75, 3.05) is 39.9 Å². The summed E-state index contributed by atoms with van der Waals surface area (Å²) in [6.07, 6.45) is 1.42. The van der Waals surface area contributed by atoms with Crippen LogP contribution < -0.4 is 5.32 Å². The van der Waals surface area contributed by atoms with Crippen LogP contribution in [0.15, 0.2) is 6.07 Å². The lowest BCUT2D eigenvalue weighted by Crippen LogP contribution is -2.58. The first-order valence-corrected chi connectivity index (χ1v) is 8.72. The van der Waals surface area contributed by atoms with Crippen LogP contribution in [0.2, 0.25) is 0 Å². The summed E-state index contributed by atoms with van der Waals surface area (Å²) in [5.41, 5.74) is 1.45. The highest BCUT2D eigenvalue weighted by Gasteiger charge is 2.43. The number of hydrogen-bond donors (Lipinski definition) is 1. The first-order chi connectivity index (χ1) is 11.5. The van der Waals surface area contributed by atoms with Crippen LogP contribution in [0.4, 0.5) is 0 Å². The van der Waals surface area contributed by atoms with Crippen molar-refractivity contribution >= 4 is 30.7 Å². The average Bonchev–Trinajstić information content (AvgIpc) is 2.92. The van der Waals surface area contributed by atoms with Gasteiger partial charge in [-0.3, -0.25) is 9.48 Å². The van der Waals surface area contributed by atoms with Crippen molar-refractivity contribution in [2.24, 2.45) is 0 Å². The van der Waals surface area contributed by atoms with Gasteiger partial charge in [0.25, 0.3) is 5.91 Å². The van der Waals surface area contributed by atoms with Gasteiger partial charge in [-0.05, 0) is 45.8 Å². The smallest absolute Gasteiger partial charge is 0.255 e. The van der Waals surface area contributed by atoms with E-state index in [1.807, 2.05) is 23.4 Å². The molecular weight excluding hydrogens is 379 g/mol. The molecule has 1 amide bonds. The van der Waals surface area contributed by atoms with Crippen molar-refractivity contribution in [1.82, 2.24) is 20.0 Å². The molecule has 1 aromatic rings. The number of carbonyl (C=O) groups is 1. The van der Waals surface area contributed by atoms with E-state index in [-0.39, 0.29) is 36.8 Å². The third kappa shape index (κ3) is 4.89. The largest absolute Gasteiger partial charge is 0.373 e. The second-order valence-electron chi connectivity index (χ2n) is 6.80. The predicted molar refractivity (Wildman–Crippen MR) is 104 cm³/mol. The van der Waals surface area contributed by atoms with Crippen LogP contribution in [-0.2, 0) is 20.8 Å². The van der Waals surface area contributed by atoms with Crippen molar-refractivity contribution in [3.63, 3.8) is 0 Å². The highest BCUT2D eigenvalue weighted by Crippen LogP contribution is 2.26. The Balaban J connectivity index is 0.00000169. The number of halogens is 2. The maximum absolute atomic E-state index is 13.1. The Kier molecular flexibility index (Phi) is 8.82. The molecule has 0 radical (unpaired) electrons. The van der Waals surface area contributed by atoms with Crippen LogP contribution in [0.5, 0.6) is 0 Å². The van der Waals surface area contributed by atoms with Gasteiger partial charge in [-0.15, -0.1) is 24.8 Å². The van der Waals surface area contributed by atoms with Gasteiger partial charge in [0.15, 0.2) is 0 Å². The fourth-order valence-corrected chi connectivity index (χ4v) is 3.69. The summed E-state index contributed by atoms with van der Waals surface area (Å²) in [5.74, 6) is 0.105. The predicted octanol–water partition coefficient (Wildman–Crippen LogP) is 1.34. The molecule has 0 aliphatic carbocycles. The Morgan fingerprint density at radius 1 is 1.38 bits per heavy atom. The number of nitrogens with one attached hydrogen (secondary N) is 1. The molecule has 7 nitrogen and oxygen atoms in total. The molecule has 9 heteroatoms. The second kappa shape index (κ2) is 9.90. The number of rotatable bonds is 4. The molecular formula is C17H30Cl2N4O3. The number of amides is 1. The van der Waals surface area contributed by atoms with Gasteiger partial charge in [0, 0.05) is 25.9 Å². The van der Waals surface area contributed by atoms with E-state index in [9.17, 15) is 4.79 Å². The number of nitrogens with zero attached hydrogens (tertiary/aromatic N) is 3. The minimum absolute atomic E-state index is 0. The molecule has 2 aliphatic rings. The summed E-state index contributed by atoms with van der Waals surface area (Å²) < 4.78 is 13.5. The van der Waals surface area contributed by atoms with Gasteiger partial charge >= 0.3 is 0 Å². The Bertz CT molecular complexity index is 591. The van der Waals surface area contributed by atoms with E-state index in [0.29, 0.717) is 26.2 Å². The highest BCUT2D eigenvalue weighted by atomic mass is 35.5. The maximum Gasteiger partial charge on any atom is 0.255 e. The number of methoxy groups -OCH3 is 1. The Hall–Kier alpha value is -0.860. The zero-order valence-corrected chi connectivity index (χ0v) is 17.3. The standard InChI is InChI=1S/C17H28N4O3.2ClH/c1-13-10-14(2)21(19-13)12-15-11-20(8-9-24-15)16(22)17(23-3)4-6-18-7-5-17;;/h10,15,18H,4-9,11-12H2,1-3H3;2*1H. The van der Waals surface area contributed by atoms with Crippen molar-refractivity contribution < 1.29 is 14.3 Å². The zero-order chi connectivity index (χ0) is 17.2. The average molecular weight is 409 g/mol. The third-order valence-electron chi connectivity index (χ3n) is 5.10. The van der Waals surface area contributed by atoms with Gasteiger partial charge < -0.3 is 19.7 Å². The topological polar surface area (TPSA) is 68.6 Å². The van der Waals surface area contributed by atoms with Gasteiger partial charge in [0.05, 0.1) is 24.9 Å². The molecule has 1 N–H and O–H groups in total. The van der Waals surface area contributed by atoms with Crippen LogP contribution in [0.25, 0.3) is 0 Å². The molecule has 0 spiro atoms. The van der Waals surface area contributed by atoms with E-state index in [2.05, 4.69) is 16.5 Å². The molecule has 2 aliphatic heterocycles. The molecule has 2 fully saturated rings. The molecule has 1 aromatic heterocycles. The van der Waals surface area contributed by atoms with Gasteiger partial charge in [0.1, 0.15) is 5.60 Å². The monoisotopic (exact) mass is 408 g/mol. The summed E-state index contributed by atoms with van der Waals surface area (Å²) in [7, 11) is 1.65. The normalized spacial score (nSPS) is 22.3. The minimum Gasteiger partial charge on any atom is -0.373 e. The highest BCUT2D eigenvalue weighted by molar-refractivity contribution is 5.86. The summed E-state index contributed by atoms with van der Waals surface area (Å²) >= 11 is 0. The lowest BCUT2D eigenvalue weighted by molar-refractivity contribution is -0.165. The molecule has 0 saturated carbocycles. The fourth-order valence-electron chi connectivity index (χ4n) is 3.69. The molecule has 3 rings (SSSR count). The summed E-state index contributed by atoms with van der Waals surface area (Å²) in [5, 5.41) is 7.79. The maximum atomic E-state index is 13.1. The number of aromatic nitrogens is 2. The first-order valence-electron chi connectivity index (χ1n) is 8.72. The summed E-state index contributed by atoms with van der Waals surface area (Å²) in [4.78, 5) is 15.0.